The van der Waals surface area contributed by atoms with Gasteiger partial charge in [0.1, 0.15) is 28.7 Å². The molecule has 0 fully saturated rings. The summed E-state index contributed by atoms with van der Waals surface area (Å²) in [6.45, 7) is 4.00. The van der Waals surface area contributed by atoms with Crippen molar-refractivity contribution in [3.63, 3.8) is 0 Å². The molecule has 0 aliphatic rings. The van der Waals surface area contributed by atoms with Crippen LogP contribution in [0, 0.1) is 17.0 Å². The molecule has 1 aromatic heterocycles. The second-order valence-corrected chi connectivity index (χ2v) is 7.95. The molecule has 8 nitrogen and oxygen atoms in total. The third-order valence-electron chi connectivity index (χ3n) is 4.73. The average Bonchev–Trinajstić information content (AvgIpc) is 2.76. The molecule has 0 aliphatic carbocycles. The van der Waals surface area contributed by atoms with E-state index < -0.39 is 33.8 Å². The van der Waals surface area contributed by atoms with Gasteiger partial charge in [0, 0.05) is 30.9 Å². The van der Waals surface area contributed by atoms with Crippen molar-refractivity contribution in [3.05, 3.63) is 74.2 Å². The summed E-state index contributed by atoms with van der Waals surface area (Å²) in [5.74, 6) is -2.05. The first-order valence-electron chi connectivity index (χ1n) is 9.69. The van der Waals surface area contributed by atoms with Crippen LogP contribution in [0.25, 0.3) is 0 Å². The monoisotopic (exact) mass is 444 g/mol. The number of ether oxygens (including phenoxy) is 1. The largest absolute Gasteiger partial charge is 0.480 e. The molecule has 0 atom stereocenters. The molecule has 0 radical (unpaired) electrons. The highest BCUT2D eigenvalue weighted by Gasteiger charge is 2.26. The van der Waals surface area contributed by atoms with Crippen molar-refractivity contribution < 1.29 is 18.3 Å². The molecule has 3 aromatic rings. The molecule has 32 heavy (non-hydrogen) atoms. The lowest BCUT2D eigenvalue weighted by Gasteiger charge is -2.27. The maximum absolute atomic E-state index is 13.3. The molecule has 0 saturated carbocycles. The van der Waals surface area contributed by atoms with E-state index in [-0.39, 0.29) is 35.9 Å². The van der Waals surface area contributed by atoms with Crippen LogP contribution in [0.1, 0.15) is 24.2 Å². The van der Waals surface area contributed by atoms with E-state index in [1.165, 1.54) is 13.3 Å². The number of aromatic nitrogens is 1. The number of hydrogen-bond donors (Lipinski definition) is 3. The third kappa shape index (κ3) is 5.08. The minimum Gasteiger partial charge on any atom is -0.480 e. The molecule has 0 bridgehead atoms. The van der Waals surface area contributed by atoms with Crippen molar-refractivity contribution in [2.75, 3.05) is 30.8 Å². The maximum Gasteiger partial charge on any atom is 0.253 e. The summed E-state index contributed by atoms with van der Waals surface area (Å²) in [5.41, 5.74) is -1.39. The van der Waals surface area contributed by atoms with E-state index in [9.17, 15) is 23.2 Å². The molecular weight excluding hydrogens is 422 g/mol. The van der Waals surface area contributed by atoms with E-state index in [2.05, 4.69) is 20.9 Å². The summed E-state index contributed by atoms with van der Waals surface area (Å²) in [4.78, 5) is 40.3. The van der Waals surface area contributed by atoms with Gasteiger partial charge in [-0.3, -0.25) is 14.4 Å². The topological polar surface area (TPSA) is 109 Å². The summed E-state index contributed by atoms with van der Waals surface area (Å²) in [6.07, 6.45) is 1.53. The fraction of sp³-hybridized carbons (Fsp3) is 0.273. The fourth-order valence-electron chi connectivity index (χ4n) is 2.96. The Morgan fingerprint density at radius 3 is 2.38 bits per heavy atom. The van der Waals surface area contributed by atoms with Crippen LogP contribution < -0.4 is 31.5 Å². The summed E-state index contributed by atoms with van der Waals surface area (Å²) in [7, 11) is 1.43. The Kier molecular flexibility index (Phi) is 6.52. The molecule has 0 spiro atoms. The average molecular weight is 444 g/mol. The van der Waals surface area contributed by atoms with Gasteiger partial charge in [-0.05, 0) is 29.7 Å². The second-order valence-electron chi connectivity index (χ2n) is 7.95. The van der Waals surface area contributed by atoms with Gasteiger partial charge < -0.3 is 20.7 Å². The van der Waals surface area contributed by atoms with Crippen LogP contribution in [-0.4, -0.2) is 31.1 Å². The number of nitrogens with zero attached hydrogens (tertiary/aromatic N) is 1. The minimum atomic E-state index is -0.846. The number of amides is 1. The number of carbonyl (C=O) groups excluding carboxylic acids is 1. The number of nitrogens with one attached hydrogen (secondary N) is 3. The van der Waals surface area contributed by atoms with Gasteiger partial charge in [0.15, 0.2) is 0 Å². The van der Waals surface area contributed by atoms with Crippen molar-refractivity contribution in [3.8, 4) is 5.88 Å². The number of anilines is 3. The molecule has 1 amide bonds. The first-order valence-corrected chi connectivity index (χ1v) is 9.69. The summed E-state index contributed by atoms with van der Waals surface area (Å²) < 4.78 is 31.8. The van der Waals surface area contributed by atoms with E-state index in [4.69, 9.17) is 4.74 Å². The molecular formula is C22H22F2N4O4. The van der Waals surface area contributed by atoms with Crippen molar-refractivity contribution in [2.45, 2.75) is 13.8 Å². The van der Waals surface area contributed by atoms with Gasteiger partial charge >= 0.3 is 0 Å². The number of hydrogen-bond acceptors (Lipinski definition) is 7. The molecule has 10 heteroatoms. The number of methoxy groups -OCH3 is 1. The first kappa shape index (κ1) is 22.9. The summed E-state index contributed by atoms with van der Waals surface area (Å²) >= 11 is 0. The zero-order valence-corrected chi connectivity index (χ0v) is 17.7. The Bertz CT molecular complexity index is 1200. The van der Waals surface area contributed by atoms with Crippen LogP contribution in [0.15, 0.2) is 46.1 Å². The summed E-state index contributed by atoms with van der Waals surface area (Å²) in [6, 6.07) is 5.87. The molecule has 0 saturated heterocycles. The molecule has 3 rings (SSSR count). The van der Waals surface area contributed by atoms with Gasteiger partial charge in [-0.15, -0.1) is 0 Å². The van der Waals surface area contributed by atoms with Crippen LogP contribution in [0.4, 0.5) is 25.8 Å². The quantitative estimate of drug-likeness (QED) is 0.435. The van der Waals surface area contributed by atoms with Crippen LogP contribution in [0.5, 0.6) is 5.88 Å². The molecule has 168 valence electrons. The Labute approximate surface area is 182 Å². The van der Waals surface area contributed by atoms with Gasteiger partial charge in [0.25, 0.3) is 16.8 Å². The smallest absolute Gasteiger partial charge is 0.253 e. The van der Waals surface area contributed by atoms with Crippen LogP contribution in [-0.2, 0) is 0 Å². The number of benzene rings is 1. The maximum atomic E-state index is 13.3. The predicted octanol–water partition coefficient (Wildman–Crippen LogP) is 2.58. The van der Waals surface area contributed by atoms with Gasteiger partial charge in [-0.25, -0.2) is 13.8 Å². The molecule has 1 heterocycles. The molecule has 0 aliphatic heterocycles. The van der Waals surface area contributed by atoms with Gasteiger partial charge in [-0.1, -0.05) is 13.8 Å². The summed E-state index contributed by atoms with van der Waals surface area (Å²) in [5, 5.41) is 8.43. The van der Waals surface area contributed by atoms with Crippen LogP contribution in [0.3, 0.4) is 0 Å². The lowest BCUT2D eigenvalue weighted by Crippen LogP contribution is -2.42. The van der Waals surface area contributed by atoms with Gasteiger partial charge in [-0.2, -0.15) is 0 Å². The second kappa shape index (κ2) is 9.13. The van der Waals surface area contributed by atoms with Crippen LogP contribution >= 0.6 is 0 Å². The normalized spacial score (nSPS) is 11.3. The van der Waals surface area contributed by atoms with Crippen molar-refractivity contribution >= 4 is 23.0 Å². The van der Waals surface area contributed by atoms with Crippen LogP contribution in [0.2, 0.25) is 0 Å². The standard InChI is InChI=1S/C22H22F2N4O4/c1-22(2,11-27-20(31)12-7-13(23)9-14(24)8-12)10-26-16-17(19(30)18(16)29)28-15-5-4-6-25-21(15)32-3/h4-9,26,28H,10-11H2,1-3H3,(H,27,31). The zero-order valence-electron chi connectivity index (χ0n) is 17.7. The Morgan fingerprint density at radius 1 is 1.06 bits per heavy atom. The number of carbonyl (C=O) groups is 1. The van der Waals surface area contributed by atoms with Gasteiger partial charge in [0.05, 0.1) is 7.11 Å². The highest BCUT2D eigenvalue weighted by Crippen LogP contribution is 2.27. The SMILES string of the molecule is COc1ncccc1Nc1c(NCC(C)(C)CNC(=O)c2cc(F)cc(F)c2)c(=O)c1=O. The highest BCUT2D eigenvalue weighted by atomic mass is 19.1. The lowest BCUT2D eigenvalue weighted by atomic mass is 9.93. The fourth-order valence-corrected chi connectivity index (χ4v) is 2.96. The first-order chi connectivity index (χ1) is 15.1. The Balaban J connectivity index is 1.63. The number of halogens is 2. The molecule has 2 aromatic carbocycles. The van der Waals surface area contributed by atoms with E-state index in [0.29, 0.717) is 11.8 Å². The number of rotatable bonds is 9. The Morgan fingerprint density at radius 2 is 1.72 bits per heavy atom. The molecule has 0 unspecified atom stereocenters. The van der Waals surface area contributed by atoms with Crippen molar-refractivity contribution in [1.82, 2.24) is 10.3 Å². The van der Waals surface area contributed by atoms with Crippen molar-refractivity contribution in [2.24, 2.45) is 5.41 Å². The van der Waals surface area contributed by atoms with E-state index in [1.54, 1.807) is 12.1 Å². The lowest BCUT2D eigenvalue weighted by molar-refractivity contribution is 0.0937. The zero-order chi connectivity index (χ0) is 23.5. The number of pyridine rings is 1. The highest BCUT2D eigenvalue weighted by molar-refractivity contribution is 5.94. The van der Waals surface area contributed by atoms with Gasteiger partial charge in [0.2, 0.25) is 5.88 Å². The van der Waals surface area contributed by atoms with E-state index in [0.717, 1.165) is 12.1 Å². The Hall–Kier alpha value is -3.82. The van der Waals surface area contributed by atoms with E-state index >= 15 is 0 Å². The minimum absolute atomic E-state index is 0.0939. The molecule has 3 N–H and O–H groups in total. The third-order valence-corrected chi connectivity index (χ3v) is 4.73. The predicted molar refractivity (Wildman–Crippen MR) is 116 cm³/mol. The van der Waals surface area contributed by atoms with Crippen molar-refractivity contribution in [1.29, 1.82) is 0 Å². The van der Waals surface area contributed by atoms with E-state index in [1.807, 2.05) is 13.8 Å².